The Morgan fingerprint density at radius 2 is 2.04 bits per heavy atom. The molecule has 0 radical (unpaired) electrons. The van der Waals surface area contributed by atoms with Crippen LogP contribution in [0.1, 0.15) is 9.67 Å². The van der Waals surface area contributed by atoms with E-state index in [9.17, 15) is 4.79 Å². The molecule has 4 aromatic heterocycles. The molecule has 0 bridgehead atoms. The first-order chi connectivity index (χ1) is 13.2. The van der Waals surface area contributed by atoms with Crippen molar-refractivity contribution in [2.24, 2.45) is 7.05 Å². The number of fused-ring (bicyclic) bond motifs is 2. The smallest absolute Gasteiger partial charge is 0.264 e. The fourth-order valence-electron chi connectivity index (χ4n) is 3.16. The van der Waals surface area contributed by atoms with Crippen LogP contribution < -0.4 is 0 Å². The molecule has 9 heteroatoms. The normalized spacial score (nSPS) is 14.9. The number of carbonyl (C=O) groups is 1. The number of morpholine rings is 1. The standard InChI is InChI=1S/C18H16N6O2S/c1-23-21-14-8-12(10-19-16(14)22-23)13-3-2-11-9-15(27-17(11)20-13)18(25)24-4-6-26-7-5-24/h2-3,8-10H,4-7H2,1H3. The maximum atomic E-state index is 12.7. The molecule has 5 rings (SSSR count). The molecule has 4 aromatic rings. The van der Waals surface area contributed by atoms with Crippen LogP contribution >= 0.6 is 11.3 Å². The summed E-state index contributed by atoms with van der Waals surface area (Å²) in [6.45, 7) is 2.46. The van der Waals surface area contributed by atoms with Gasteiger partial charge in [0, 0.05) is 37.3 Å². The zero-order valence-corrected chi connectivity index (χ0v) is 15.4. The number of pyridine rings is 2. The Kier molecular flexibility index (Phi) is 3.83. The van der Waals surface area contributed by atoms with Crippen molar-refractivity contribution in [2.45, 2.75) is 0 Å². The second-order valence-electron chi connectivity index (χ2n) is 6.36. The van der Waals surface area contributed by atoms with Crippen LogP contribution in [0, 0.1) is 0 Å². The average molecular weight is 380 g/mol. The zero-order valence-electron chi connectivity index (χ0n) is 14.6. The number of amides is 1. The lowest BCUT2D eigenvalue weighted by Gasteiger charge is -2.26. The molecule has 8 nitrogen and oxygen atoms in total. The Hall–Kier alpha value is -2.91. The van der Waals surface area contributed by atoms with Crippen LogP contribution in [0.2, 0.25) is 0 Å². The van der Waals surface area contributed by atoms with Crippen LogP contribution in [0.4, 0.5) is 0 Å². The minimum absolute atomic E-state index is 0.0468. The molecule has 1 aliphatic heterocycles. The summed E-state index contributed by atoms with van der Waals surface area (Å²) in [4.78, 5) is 26.7. The van der Waals surface area contributed by atoms with Crippen molar-refractivity contribution >= 4 is 38.6 Å². The predicted octanol–water partition coefficient (Wildman–Crippen LogP) is 2.11. The first-order valence-electron chi connectivity index (χ1n) is 8.62. The summed E-state index contributed by atoms with van der Waals surface area (Å²) in [6, 6.07) is 7.78. The van der Waals surface area contributed by atoms with Crippen molar-refractivity contribution < 1.29 is 9.53 Å². The number of aromatic nitrogens is 5. The van der Waals surface area contributed by atoms with E-state index in [4.69, 9.17) is 9.72 Å². The number of nitrogens with zero attached hydrogens (tertiary/aromatic N) is 6. The van der Waals surface area contributed by atoms with E-state index < -0.39 is 0 Å². The third kappa shape index (κ3) is 2.94. The molecule has 0 atom stereocenters. The number of rotatable bonds is 2. The number of carbonyl (C=O) groups excluding carboxylic acids is 1. The molecule has 1 aliphatic rings. The topological polar surface area (TPSA) is 86.0 Å². The third-order valence-electron chi connectivity index (χ3n) is 4.53. The molecule has 136 valence electrons. The number of thiophene rings is 1. The molecule has 1 fully saturated rings. The van der Waals surface area contributed by atoms with Gasteiger partial charge in [-0.1, -0.05) is 0 Å². The summed E-state index contributed by atoms with van der Waals surface area (Å²) in [5, 5.41) is 9.45. The van der Waals surface area contributed by atoms with Gasteiger partial charge in [0.2, 0.25) is 5.65 Å². The molecule has 5 heterocycles. The Morgan fingerprint density at radius 1 is 1.19 bits per heavy atom. The summed E-state index contributed by atoms with van der Waals surface area (Å²) >= 11 is 1.42. The van der Waals surface area contributed by atoms with Gasteiger partial charge in [-0.2, -0.15) is 9.90 Å². The predicted molar refractivity (Wildman–Crippen MR) is 102 cm³/mol. The van der Waals surface area contributed by atoms with Gasteiger partial charge in [-0.3, -0.25) is 4.79 Å². The molecule has 27 heavy (non-hydrogen) atoms. The molecule has 0 aromatic carbocycles. The Bertz CT molecular complexity index is 1160. The van der Waals surface area contributed by atoms with Crippen LogP contribution in [0.15, 0.2) is 30.5 Å². The molecule has 1 amide bonds. The van der Waals surface area contributed by atoms with Gasteiger partial charge in [-0.25, -0.2) is 9.97 Å². The average Bonchev–Trinajstić information content (AvgIpc) is 3.29. The van der Waals surface area contributed by atoms with E-state index in [2.05, 4.69) is 15.2 Å². The highest BCUT2D eigenvalue weighted by atomic mass is 32.1. The van der Waals surface area contributed by atoms with E-state index in [1.54, 1.807) is 13.2 Å². The van der Waals surface area contributed by atoms with E-state index in [0.717, 1.165) is 27.0 Å². The molecule has 1 saturated heterocycles. The fourth-order valence-corrected chi connectivity index (χ4v) is 4.16. The number of hydrogen-bond acceptors (Lipinski definition) is 7. The van der Waals surface area contributed by atoms with Crippen LogP contribution in [-0.4, -0.2) is 62.1 Å². The van der Waals surface area contributed by atoms with Crippen LogP contribution in [0.3, 0.4) is 0 Å². The first-order valence-corrected chi connectivity index (χ1v) is 9.44. The van der Waals surface area contributed by atoms with E-state index in [1.807, 2.05) is 29.2 Å². The van der Waals surface area contributed by atoms with Gasteiger partial charge in [0.1, 0.15) is 10.3 Å². The minimum atomic E-state index is 0.0468. The van der Waals surface area contributed by atoms with Gasteiger partial charge in [0.25, 0.3) is 5.91 Å². The highest BCUT2D eigenvalue weighted by Crippen LogP contribution is 2.29. The Labute approximate surface area is 158 Å². The molecule has 0 saturated carbocycles. The van der Waals surface area contributed by atoms with Crippen molar-refractivity contribution in [3.8, 4) is 11.3 Å². The van der Waals surface area contributed by atoms with Gasteiger partial charge < -0.3 is 9.64 Å². The lowest BCUT2D eigenvalue weighted by atomic mass is 10.1. The lowest BCUT2D eigenvalue weighted by Crippen LogP contribution is -2.40. The van der Waals surface area contributed by atoms with E-state index >= 15 is 0 Å². The first kappa shape index (κ1) is 16.3. The van der Waals surface area contributed by atoms with E-state index in [-0.39, 0.29) is 5.91 Å². The second-order valence-corrected chi connectivity index (χ2v) is 7.39. The number of hydrogen-bond donors (Lipinski definition) is 0. The van der Waals surface area contributed by atoms with Gasteiger partial charge in [-0.15, -0.1) is 16.4 Å². The van der Waals surface area contributed by atoms with Gasteiger partial charge in [-0.05, 0) is 24.3 Å². The van der Waals surface area contributed by atoms with Crippen molar-refractivity contribution in [3.63, 3.8) is 0 Å². The summed E-state index contributed by atoms with van der Waals surface area (Å²) in [6.07, 6.45) is 1.75. The highest BCUT2D eigenvalue weighted by Gasteiger charge is 2.21. The third-order valence-corrected chi connectivity index (χ3v) is 5.56. The van der Waals surface area contributed by atoms with Crippen LogP contribution in [0.5, 0.6) is 0 Å². The quantitative estimate of drug-likeness (QED) is 0.529. The van der Waals surface area contributed by atoms with Gasteiger partial charge in [0.05, 0.1) is 23.8 Å². The minimum Gasteiger partial charge on any atom is -0.378 e. The van der Waals surface area contributed by atoms with Crippen molar-refractivity contribution in [1.82, 2.24) is 29.9 Å². The molecule has 0 spiro atoms. The Balaban J connectivity index is 1.50. The summed E-state index contributed by atoms with van der Waals surface area (Å²) in [5.41, 5.74) is 3.01. The molecule has 0 aliphatic carbocycles. The number of ether oxygens (including phenoxy) is 1. The van der Waals surface area contributed by atoms with Crippen molar-refractivity contribution in [3.05, 3.63) is 35.3 Å². The summed E-state index contributed by atoms with van der Waals surface area (Å²) < 4.78 is 5.32. The van der Waals surface area contributed by atoms with E-state index in [0.29, 0.717) is 36.8 Å². The maximum absolute atomic E-state index is 12.7. The van der Waals surface area contributed by atoms with Crippen LogP contribution in [-0.2, 0) is 11.8 Å². The van der Waals surface area contributed by atoms with Crippen LogP contribution in [0.25, 0.3) is 32.6 Å². The van der Waals surface area contributed by atoms with Gasteiger partial charge in [0.15, 0.2) is 0 Å². The lowest BCUT2D eigenvalue weighted by molar-refractivity contribution is 0.0306. The summed E-state index contributed by atoms with van der Waals surface area (Å²) in [5.74, 6) is 0.0468. The monoisotopic (exact) mass is 380 g/mol. The molecular weight excluding hydrogens is 364 g/mol. The zero-order chi connectivity index (χ0) is 18.4. The van der Waals surface area contributed by atoms with Crippen molar-refractivity contribution in [1.29, 1.82) is 0 Å². The molecular formula is C18H16N6O2S. The molecule has 0 N–H and O–H groups in total. The largest absolute Gasteiger partial charge is 0.378 e. The summed E-state index contributed by atoms with van der Waals surface area (Å²) in [7, 11) is 1.77. The fraction of sp³-hybridized carbons (Fsp3) is 0.278. The van der Waals surface area contributed by atoms with E-state index in [1.165, 1.54) is 16.1 Å². The molecule has 0 unspecified atom stereocenters. The van der Waals surface area contributed by atoms with Crippen molar-refractivity contribution in [2.75, 3.05) is 26.3 Å². The SMILES string of the molecule is Cn1nc2cc(-c3ccc4cc(C(=O)N5CCOCC5)sc4n3)cnc2n1. The Morgan fingerprint density at radius 3 is 2.89 bits per heavy atom. The highest BCUT2D eigenvalue weighted by molar-refractivity contribution is 7.20. The van der Waals surface area contributed by atoms with Gasteiger partial charge >= 0.3 is 0 Å². The number of aryl methyl sites for hydroxylation is 1. The second kappa shape index (κ2) is 6.36. The maximum Gasteiger partial charge on any atom is 0.264 e.